The number of ether oxygens (including phenoxy) is 1. The highest BCUT2D eigenvalue weighted by Gasteiger charge is 2.14. The zero-order chi connectivity index (χ0) is 24.5. The van der Waals surface area contributed by atoms with Gasteiger partial charge in [0.2, 0.25) is 0 Å². The summed E-state index contributed by atoms with van der Waals surface area (Å²) < 4.78 is 6.19. The molecular formula is C29H30N2O3S. The van der Waals surface area contributed by atoms with Gasteiger partial charge in [0, 0.05) is 17.4 Å². The highest BCUT2D eigenvalue weighted by Crippen LogP contribution is 2.20. The van der Waals surface area contributed by atoms with E-state index >= 15 is 0 Å². The molecule has 1 unspecified atom stereocenters. The van der Waals surface area contributed by atoms with Gasteiger partial charge in [-0.05, 0) is 79.2 Å². The van der Waals surface area contributed by atoms with Crippen LogP contribution in [0.1, 0.15) is 40.0 Å². The first-order chi connectivity index (χ1) is 17.1. The van der Waals surface area contributed by atoms with E-state index in [9.17, 15) is 9.90 Å². The predicted molar refractivity (Wildman–Crippen MR) is 144 cm³/mol. The van der Waals surface area contributed by atoms with Crippen molar-refractivity contribution in [3.05, 3.63) is 107 Å². The van der Waals surface area contributed by atoms with Crippen LogP contribution in [0, 0.1) is 0 Å². The summed E-state index contributed by atoms with van der Waals surface area (Å²) in [6, 6.07) is 28.4. The summed E-state index contributed by atoms with van der Waals surface area (Å²) in [6.45, 7) is 0.727. The molecule has 1 aromatic heterocycles. The van der Waals surface area contributed by atoms with Crippen molar-refractivity contribution >= 4 is 34.3 Å². The van der Waals surface area contributed by atoms with Crippen LogP contribution in [0.5, 0.6) is 0 Å². The molecule has 1 atom stereocenters. The van der Waals surface area contributed by atoms with Crippen LogP contribution < -0.4 is 5.32 Å². The molecule has 4 aromatic rings. The molecule has 35 heavy (non-hydrogen) atoms. The van der Waals surface area contributed by atoms with Crippen molar-refractivity contribution in [1.82, 2.24) is 10.3 Å². The Kier molecular flexibility index (Phi) is 8.52. The molecule has 5 nitrogen and oxygen atoms in total. The van der Waals surface area contributed by atoms with E-state index < -0.39 is 5.97 Å². The lowest BCUT2D eigenvalue weighted by Crippen LogP contribution is -2.31. The third kappa shape index (κ3) is 7.42. The number of aromatic nitrogens is 1. The molecule has 3 aromatic carbocycles. The third-order valence-corrected chi connectivity index (χ3v) is 6.31. The normalized spacial score (nSPS) is 11.8. The molecule has 1 heterocycles. The van der Waals surface area contributed by atoms with E-state index in [1.54, 1.807) is 6.07 Å². The van der Waals surface area contributed by atoms with Gasteiger partial charge in [-0.2, -0.15) is 0 Å². The van der Waals surface area contributed by atoms with Crippen molar-refractivity contribution in [3.8, 4) is 0 Å². The monoisotopic (exact) mass is 486 g/mol. The van der Waals surface area contributed by atoms with Crippen molar-refractivity contribution in [2.24, 2.45) is 0 Å². The number of hydrogen-bond donors (Lipinski definition) is 3. The summed E-state index contributed by atoms with van der Waals surface area (Å²) in [5.41, 5.74) is 4.71. The van der Waals surface area contributed by atoms with Crippen LogP contribution in [0.4, 0.5) is 0 Å². The first kappa shape index (κ1) is 24.5. The average Bonchev–Trinajstić information content (AvgIpc) is 3.31. The Labute approximate surface area is 211 Å². The van der Waals surface area contributed by atoms with E-state index in [-0.39, 0.29) is 11.8 Å². The van der Waals surface area contributed by atoms with Gasteiger partial charge in [0.25, 0.3) is 5.17 Å². The number of thiocarbonyl (C=S) groups is 1. The van der Waals surface area contributed by atoms with Gasteiger partial charge in [0.1, 0.15) is 11.8 Å². The number of benzene rings is 3. The minimum Gasteiger partial charge on any atom is -0.477 e. The number of nitrogens with one attached hydrogen (secondary N) is 2. The second-order valence-corrected chi connectivity index (χ2v) is 9.03. The first-order valence-corrected chi connectivity index (χ1v) is 12.3. The van der Waals surface area contributed by atoms with E-state index in [0.717, 1.165) is 55.1 Å². The van der Waals surface area contributed by atoms with Gasteiger partial charge in [0.15, 0.2) is 0 Å². The molecule has 0 fully saturated rings. The fourth-order valence-corrected chi connectivity index (χ4v) is 4.40. The zero-order valence-corrected chi connectivity index (χ0v) is 20.4. The summed E-state index contributed by atoms with van der Waals surface area (Å²) in [4.78, 5) is 14.2. The maximum absolute atomic E-state index is 11.3. The Morgan fingerprint density at radius 1 is 0.857 bits per heavy atom. The smallest absolute Gasteiger partial charge is 0.352 e. The molecule has 0 aliphatic rings. The lowest BCUT2D eigenvalue weighted by Gasteiger charge is -2.20. The van der Waals surface area contributed by atoms with Gasteiger partial charge in [0.05, 0.1) is 0 Å². The van der Waals surface area contributed by atoms with E-state index in [0.29, 0.717) is 5.17 Å². The summed E-state index contributed by atoms with van der Waals surface area (Å²) in [7, 11) is 0. The number of H-pyrrole nitrogens is 1. The number of aromatic carboxylic acids is 1. The van der Waals surface area contributed by atoms with Crippen LogP contribution >= 0.6 is 12.2 Å². The van der Waals surface area contributed by atoms with E-state index in [1.165, 1.54) is 11.1 Å². The molecule has 3 N–H and O–H groups in total. The van der Waals surface area contributed by atoms with E-state index in [4.69, 9.17) is 17.0 Å². The summed E-state index contributed by atoms with van der Waals surface area (Å²) in [6.07, 6.45) is 4.26. The van der Waals surface area contributed by atoms with Gasteiger partial charge in [-0.1, -0.05) is 66.7 Å². The Balaban J connectivity index is 1.35. The second-order valence-electron chi connectivity index (χ2n) is 8.66. The third-order valence-electron chi connectivity index (χ3n) is 6.07. The Hall–Kier alpha value is -3.64. The fraction of sp³-hybridized carbons (Fsp3) is 0.241. The molecule has 0 aliphatic heterocycles. The van der Waals surface area contributed by atoms with Gasteiger partial charge in [-0.25, -0.2) is 4.79 Å². The Morgan fingerprint density at radius 3 is 2.14 bits per heavy atom. The molecule has 180 valence electrons. The Bertz CT molecular complexity index is 1250. The van der Waals surface area contributed by atoms with Crippen molar-refractivity contribution in [2.45, 2.75) is 38.2 Å². The highest BCUT2D eigenvalue weighted by molar-refractivity contribution is 7.80. The van der Waals surface area contributed by atoms with Crippen LogP contribution in [0.15, 0.2) is 84.9 Å². The van der Waals surface area contributed by atoms with Crippen molar-refractivity contribution in [2.75, 3.05) is 6.54 Å². The number of hydrogen-bond acceptors (Lipinski definition) is 3. The molecule has 4 rings (SSSR count). The predicted octanol–water partition coefficient (Wildman–Crippen LogP) is 5.93. The maximum Gasteiger partial charge on any atom is 0.352 e. The molecular weight excluding hydrogens is 456 g/mol. The van der Waals surface area contributed by atoms with Crippen LogP contribution in [0.25, 0.3) is 10.9 Å². The SMILES string of the molecule is O=C(O)c1cc2cc(CCC(CCc3ccccc3)OC(=S)NCCc3ccccc3)ccc2[nH]1. The van der Waals surface area contributed by atoms with Crippen molar-refractivity contribution in [3.63, 3.8) is 0 Å². The summed E-state index contributed by atoms with van der Waals surface area (Å²) in [5, 5.41) is 13.8. The lowest BCUT2D eigenvalue weighted by molar-refractivity contribution is 0.0691. The first-order valence-electron chi connectivity index (χ1n) is 11.9. The number of fused-ring (bicyclic) bond motifs is 1. The van der Waals surface area contributed by atoms with Crippen molar-refractivity contribution in [1.29, 1.82) is 0 Å². The van der Waals surface area contributed by atoms with Crippen LogP contribution in [-0.2, 0) is 24.0 Å². The quantitative estimate of drug-likeness (QED) is 0.229. The Morgan fingerprint density at radius 2 is 1.49 bits per heavy atom. The minimum absolute atomic E-state index is 0.0246. The van der Waals surface area contributed by atoms with Gasteiger partial charge in [-0.15, -0.1) is 0 Å². The summed E-state index contributed by atoms with van der Waals surface area (Å²) in [5.74, 6) is -0.953. The van der Waals surface area contributed by atoms with E-state index in [1.807, 2.05) is 42.5 Å². The fourth-order valence-electron chi connectivity index (χ4n) is 4.16. The minimum atomic E-state index is -0.953. The molecule has 6 heteroatoms. The molecule has 0 saturated carbocycles. The average molecular weight is 487 g/mol. The molecule has 0 radical (unpaired) electrons. The number of carboxylic acid groups (broad SMARTS) is 1. The zero-order valence-electron chi connectivity index (χ0n) is 19.6. The topological polar surface area (TPSA) is 74.3 Å². The molecule has 0 bridgehead atoms. The number of aromatic amines is 1. The second kappa shape index (κ2) is 12.2. The standard InChI is InChI=1S/C29H30N2O3S/c32-28(33)27-20-24-19-23(13-16-26(24)31-27)12-15-25(14-11-21-7-3-1-4-8-21)34-29(35)30-18-17-22-9-5-2-6-10-22/h1-10,13,16,19-20,25,31H,11-12,14-15,17-18H2,(H,30,35)(H,32,33). The number of rotatable bonds is 11. The number of carbonyl (C=O) groups is 1. The number of aryl methyl sites for hydroxylation is 2. The molecule has 0 amide bonds. The molecule has 0 spiro atoms. The lowest BCUT2D eigenvalue weighted by atomic mass is 10.0. The highest BCUT2D eigenvalue weighted by atomic mass is 32.1. The van der Waals surface area contributed by atoms with Crippen LogP contribution in [-0.4, -0.2) is 33.9 Å². The summed E-state index contributed by atoms with van der Waals surface area (Å²) >= 11 is 5.50. The molecule has 0 aliphatic carbocycles. The van der Waals surface area contributed by atoms with Gasteiger partial charge < -0.3 is 20.1 Å². The van der Waals surface area contributed by atoms with Gasteiger partial charge >= 0.3 is 5.97 Å². The van der Waals surface area contributed by atoms with Crippen LogP contribution in [0.2, 0.25) is 0 Å². The van der Waals surface area contributed by atoms with Gasteiger partial charge in [-0.3, -0.25) is 0 Å². The van der Waals surface area contributed by atoms with Crippen LogP contribution in [0.3, 0.4) is 0 Å². The number of carboxylic acids is 1. The van der Waals surface area contributed by atoms with Crippen molar-refractivity contribution < 1.29 is 14.6 Å². The largest absolute Gasteiger partial charge is 0.477 e. The van der Waals surface area contributed by atoms with E-state index in [2.05, 4.69) is 46.7 Å². The molecule has 0 saturated heterocycles. The maximum atomic E-state index is 11.3.